The molecule has 0 radical (unpaired) electrons. The van der Waals surface area contributed by atoms with E-state index in [4.69, 9.17) is 5.11 Å². The molecule has 4 nitrogen and oxygen atoms in total. The molecule has 1 aromatic carbocycles. The maximum absolute atomic E-state index is 12.7. The number of sulfonamides is 1. The van der Waals surface area contributed by atoms with Gasteiger partial charge in [0.2, 0.25) is 10.0 Å². The SMILES string of the molecule is CCCCN(CCO)S(=O)(=O)C1=Cc2ccccc2CC1. The molecule has 1 aliphatic carbocycles. The Morgan fingerprint density at radius 3 is 2.67 bits per heavy atom. The summed E-state index contributed by atoms with van der Waals surface area (Å²) in [5.41, 5.74) is 2.18. The fourth-order valence-electron chi connectivity index (χ4n) is 2.57. The number of allylic oxidation sites excluding steroid dienone is 1. The van der Waals surface area contributed by atoms with Crippen molar-refractivity contribution in [2.75, 3.05) is 19.7 Å². The summed E-state index contributed by atoms with van der Waals surface area (Å²) in [7, 11) is -3.47. The van der Waals surface area contributed by atoms with Crippen LogP contribution in [0.5, 0.6) is 0 Å². The molecule has 0 bridgehead atoms. The van der Waals surface area contributed by atoms with E-state index in [9.17, 15) is 8.42 Å². The van der Waals surface area contributed by atoms with E-state index < -0.39 is 10.0 Å². The van der Waals surface area contributed by atoms with Gasteiger partial charge in [0.1, 0.15) is 0 Å². The number of fused-ring (bicyclic) bond motifs is 1. The highest BCUT2D eigenvalue weighted by molar-refractivity contribution is 7.93. The van der Waals surface area contributed by atoms with Crippen molar-refractivity contribution in [2.45, 2.75) is 32.6 Å². The van der Waals surface area contributed by atoms with Crippen LogP contribution < -0.4 is 0 Å². The summed E-state index contributed by atoms with van der Waals surface area (Å²) in [6.07, 6.45) is 4.81. The number of unbranched alkanes of at least 4 members (excludes halogenated alkanes) is 1. The van der Waals surface area contributed by atoms with Crippen molar-refractivity contribution in [2.24, 2.45) is 0 Å². The zero-order chi connectivity index (χ0) is 15.3. The Balaban J connectivity index is 2.28. The van der Waals surface area contributed by atoms with Gasteiger partial charge in [-0.05, 0) is 36.5 Å². The minimum Gasteiger partial charge on any atom is -0.395 e. The standard InChI is InChI=1S/C16H23NO3S/c1-2-3-10-17(11-12-18)21(19,20)16-9-8-14-6-4-5-7-15(14)13-16/h4-7,13,18H,2-3,8-12H2,1H3. The molecule has 0 atom stereocenters. The third kappa shape index (κ3) is 3.73. The molecular weight excluding hydrogens is 286 g/mol. The van der Waals surface area contributed by atoms with Gasteiger partial charge in [0.15, 0.2) is 0 Å². The van der Waals surface area contributed by atoms with Gasteiger partial charge in [0.05, 0.1) is 11.5 Å². The van der Waals surface area contributed by atoms with Crippen molar-refractivity contribution < 1.29 is 13.5 Å². The van der Waals surface area contributed by atoms with Crippen LogP contribution in [-0.4, -0.2) is 37.5 Å². The smallest absolute Gasteiger partial charge is 0.239 e. The summed E-state index contributed by atoms with van der Waals surface area (Å²) in [6.45, 7) is 2.52. The van der Waals surface area contributed by atoms with Crippen LogP contribution in [0, 0.1) is 0 Å². The minimum absolute atomic E-state index is 0.146. The molecule has 0 amide bonds. The first-order valence-corrected chi connectivity index (χ1v) is 8.93. The zero-order valence-corrected chi connectivity index (χ0v) is 13.3. The van der Waals surface area contributed by atoms with Gasteiger partial charge in [0, 0.05) is 13.1 Å². The second-order valence-corrected chi connectivity index (χ2v) is 7.28. The van der Waals surface area contributed by atoms with Gasteiger partial charge in [-0.3, -0.25) is 0 Å². The molecule has 0 spiro atoms. The second-order valence-electron chi connectivity index (χ2n) is 5.29. The zero-order valence-electron chi connectivity index (χ0n) is 12.5. The topological polar surface area (TPSA) is 57.6 Å². The maximum atomic E-state index is 12.7. The summed E-state index contributed by atoms with van der Waals surface area (Å²) < 4.78 is 26.9. The molecule has 0 saturated carbocycles. The predicted molar refractivity (Wildman–Crippen MR) is 85.2 cm³/mol. The number of aliphatic hydroxyl groups excluding tert-OH is 1. The Labute approximate surface area is 127 Å². The first kappa shape index (κ1) is 16.2. The molecule has 0 saturated heterocycles. The monoisotopic (exact) mass is 309 g/mol. The van der Waals surface area contributed by atoms with Gasteiger partial charge in [-0.15, -0.1) is 0 Å². The highest BCUT2D eigenvalue weighted by Crippen LogP contribution is 2.28. The van der Waals surface area contributed by atoms with Gasteiger partial charge in [-0.2, -0.15) is 4.31 Å². The average Bonchev–Trinajstić information content (AvgIpc) is 2.50. The van der Waals surface area contributed by atoms with Crippen molar-refractivity contribution in [3.8, 4) is 0 Å². The van der Waals surface area contributed by atoms with Crippen LogP contribution in [-0.2, 0) is 16.4 Å². The van der Waals surface area contributed by atoms with E-state index in [0.717, 1.165) is 24.8 Å². The minimum atomic E-state index is -3.47. The summed E-state index contributed by atoms with van der Waals surface area (Å²) >= 11 is 0. The van der Waals surface area contributed by atoms with Crippen molar-refractivity contribution in [1.29, 1.82) is 0 Å². The molecule has 0 aromatic heterocycles. The summed E-state index contributed by atoms with van der Waals surface area (Å²) in [6, 6.07) is 7.89. The highest BCUT2D eigenvalue weighted by Gasteiger charge is 2.27. The van der Waals surface area contributed by atoms with Crippen LogP contribution in [0.1, 0.15) is 37.3 Å². The molecule has 1 N–H and O–H groups in total. The lowest BCUT2D eigenvalue weighted by Gasteiger charge is -2.25. The van der Waals surface area contributed by atoms with E-state index in [1.807, 2.05) is 31.2 Å². The van der Waals surface area contributed by atoms with E-state index in [1.54, 1.807) is 6.08 Å². The molecule has 0 unspecified atom stereocenters. The lowest BCUT2D eigenvalue weighted by atomic mass is 9.98. The number of nitrogens with zero attached hydrogens (tertiary/aromatic N) is 1. The van der Waals surface area contributed by atoms with Gasteiger partial charge in [-0.1, -0.05) is 37.6 Å². The normalized spacial score (nSPS) is 14.9. The summed E-state index contributed by atoms with van der Waals surface area (Å²) in [5, 5.41) is 9.13. The Morgan fingerprint density at radius 1 is 1.19 bits per heavy atom. The number of benzene rings is 1. The van der Waals surface area contributed by atoms with E-state index in [-0.39, 0.29) is 13.2 Å². The Kier molecular flexibility index (Phi) is 5.56. The molecule has 21 heavy (non-hydrogen) atoms. The average molecular weight is 309 g/mol. The quantitative estimate of drug-likeness (QED) is 0.841. The van der Waals surface area contributed by atoms with Gasteiger partial charge < -0.3 is 5.11 Å². The maximum Gasteiger partial charge on any atom is 0.239 e. The third-order valence-corrected chi connectivity index (χ3v) is 5.82. The Morgan fingerprint density at radius 2 is 1.95 bits per heavy atom. The van der Waals surface area contributed by atoms with Crippen LogP contribution in [0.25, 0.3) is 6.08 Å². The fourth-order valence-corrected chi connectivity index (χ4v) is 4.23. The molecule has 0 fully saturated rings. The molecule has 0 aliphatic heterocycles. The summed E-state index contributed by atoms with van der Waals surface area (Å²) in [4.78, 5) is 0.464. The molecule has 0 heterocycles. The van der Waals surface area contributed by atoms with E-state index in [0.29, 0.717) is 17.9 Å². The first-order chi connectivity index (χ1) is 10.1. The molecule has 1 aromatic rings. The van der Waals surface area contributed by atoms with Crippen molar-refractivity contribution >= 4 is 16.1 Å². The van der Waals surface area contributed by atoms with Crippen LogP contribution in [0.2, 0.25) is 0 Å². The van der Waals surface area contributed by atoms with E-state index >= 15 is 0 Å². The molecule has 2 rings (SSSR count). The molecule has 5 heteroatoms. The van der Waals surface area contributed by atoms with Crippen molar-refractivity contribution in [3.63, 3.8) is 0 Å². The van der Waals surface area contributed by atoms with Crippen molar-refractivity contribution in [3.05, 3.63) is 40.3 Å². The van der Waals surface area contributed by atoms with Gasteiger partial charge in [0.25, 0.3) is 0 Å². The second kappa shape index (κ2) is 7.20. The largest absolute Gasteiger partial charge is 0.395 e. The number of hydrogen-bond donors (Lipinski definition) is 1. The van der Waals surface area contributed by atoms with Crippen LogP contribution in [0.15, 0.2) is 29.2 Å². The number of aliphatic hydroxyl groups is 1. The lowest BCUT2D eigenvalue weighted by molar-refractivity contribution is 0.253. The first-order valence-electron chi connectivity index (χ1n) is 7.49. The van der Waals surface area contributed by atoms with Crippen molar-refractivity contribution in [1.82, 2.24) is 4.31 Å². The van der Waals surface area contributed by atoms with Crippen LogP contribution >= 0.6 is 0 Å². The molecular formula is C16H23NO3S. The van der Waals surface area contributed by atoms with Crippen LogP contribution in [0.3, 0.4) is 0 Å². The molecule has 1 aliphatic rings. The van der Waals surface area contributed by atoms with E-state index in [2.05, 4.69) is 0 Å². The lowest BCUT2D eigenvalue weighted by Crippen LogP contribution is -2.35. The highest BCUT2D eigenvalue weighted by atomic mass is 32.2. The number of rotatable bonds is 7. The van der Waals surface area contributed by atoms with Crippen LogP contribution in [0.4, 0.5) is 0 Å². The Bertz CT molecular complexity index is 608. The predicted octanol–water partition coefficient (Wildman–Crippen LogP) is 2.40. The summed E-state index contributed by atoms with van der Waals surface area (Å²) in [5.74, 6) is 0. The van der Waals surface area contributed by atoms with Gasteiger partial charge >= 0.3 is 0 Å². The van der Waals surface area contributed by atoms with Gasteiger partial charge in [-0.25, -0.2) is 8.42 Å². The fraction of sp³-hybridized carbons (Fsp3) is 0.500. The number of aryl methyl sites for hydroxylation is 1. The third-order valence-electron chi connectivity index (χ3n) is 3.79. The number of hydrogen-bond acceptors (Lipinski definition) is 3. The van der Waals surface area contributed by atoms with E-state index in [1.165, 1.54) is 9.87 Å². The Hall–Kier alpha value is -1.17. The molecule has 116 valence electrons.